The highest BCUT2D eigenvalue weighted by molar-refractivity contribution is 5.62. The fraction of sp³-hybridized carbons (Fsp3) is 0.200. The van der Waals surface area contributed by atoms with E-state index in [0.717, 1.165) is 24.3 Å². The highest BCUT2D eigenvalue weighted by atomic mass is 19.4. The van der Waals surface area contributed by atoms with Crippen LogP contribution in [0.15, 0.2) is 84.9 Å². The van der Waals surface area contributed by atoms with Crippen molar-refractivity contribution in [2.24, 2.45) is 0 Å². The van der Waals surface area contributed by atoms with Gasteiger partial charge in [0.05, 0.1) is 13.1 Å². The Labute approximate surface area is 255 Å². The Morgan fingerprint density at radius 3 is 1.36 bits per heavy atom. The molecule has 0 aromatic heterocycles. The summed E-state index contributed by atoms with van der Waals surface area (Å²) in [4.78, 5) is 3.07. The van der Waals surface area contributed by atoms with Crippen LogP contribution in [0, 0.1) is 24.7 Å². The Balaban J connectivity index is 1.55. The maximum atomic E-state index is 15.5. The van der Waals surface area contributed by atoms with Crippen LogP contribution in [0.4, 0.5) is 37.7 Å². The molecule has 0 bridgehead atoms. The lowest BCUT2D eigenvalue weighted by atomic mass is 9.69. The number of rotatable bonds is 4. The highest BCUT2D eigenvalue weighted by Crippen LogP contribution is 2.59. The first-order valence-corrected chi connectivity index (χ1v) is 13.7. The minimum atomic E-state index is -5.83. The van der Waals surface area contributed by atoms with Crippen molar-refractivity contribution in [2.75, 3.05) is 23.3 Å². The lowest BCUT2D eigenvalue weighted by Gasteiger charge is -2.43. The van der Waals surface area contributed by atoms with Crippen molar-refractivity contribution in [3.63, 3.8) is 0 Å². The van der Waals surface area contributed by atoms with Gasteiger partial charge in [-0.25, -0.2) is 0 Å². The Morgan fingerprint density at radius 1 is 0.578 bits per heavy atom. The molecule has 0 spiro atoms. The third kappa shape index (κ3) is 4.97. The summed E-state index contributed by atoms with van der Waals surface area (Å²) in [6, 6.07) is 20.0. The van der Waals surface area contributed by atoms with Crippen molar-refractivity contribution in [1.82, 2.24) is 0 Å². The molecule has 2 heterocycles. The van der Waals surface area contributed by atoms with Crippen molar-refractivity contribution in [2.45, 2.75) is 30.9 Å². The van der Waals surface area contributed by atoms with Gasteiger partial charge in [-0.2, -0.15) is 26.3 Å². The second-order valence-corrected chi connectivity index (χ2v) is 10.6. The molecule has 2 aliphatic rings. The van der Waals surface area contributed by atoms with E-state index in [4.69, 9.17) is 22.3 Å². The predicted molar refractivity (Wildman–Crippen MR) is 158 cm³/mol. The Bertz CT molecular complexity index is 1720. The van der Waals surface area contributed by atoms with Crippen LogP contribution in [-0.2, 0) is 18.5 Å². The van der Waals surface area contributed by atoms with E-state index in [1.807, 2.05) is 0 Å². The van der Waals surface area contributed by atoms with Crippen molar-refractivity contribution >= 4 is 11.4 Å². The number of alkyl halides is 6. The van der Waals surface area contributed by atoms with E-state index in [1.54, 1.807) is 48.5 Å². The normalized spacial score (nSPS) is 14.8. The average Bonchev–Trinajstić information content (AvgIpc) is 3.03. The molecule has 228 valence electrons. The van der Waals surface area contributed by atoms with E-state index in [2.05, 4.69) is 11.8 Å². The molecule has 0 amide bonds. The minimum absolute atomic E-state index is 0.0662. The lowest BCUT2D eigenvalue weighted by molar-refractivity contribution is -0.289. The molecule has 45 heavy (non-hydrogen) atoms. The number of benzene rings is 4. The quantitative estimate of drug-likeness (QED) is 0.172. The molecule has 0 unspecified atom stereocenters. The topological polar surface area (TPSA) is 24.9 Å². The van der Waals surface area contributed by atoms with Gasteiger partial charge in [-0.1, -0.05) is 48.2 Å². The summed E-state index contributed by atoms with van der Waals surface area (Å²) in [5, 5.41) is 0. The molecule has 6 rings (SSSR count). The number of hydrogen-bond acceptors (Lipinski definition) is 4. The summed E-state index contributed by atoms with van der Waals surface area (Å²) in [6.45, 7) is -0.778. The van der Waals surface area contributed by atoms with Crippen LogP contribution in [-0.4, -0.2) is 25.8 Å². The SMILES string of the molecule is C#Cc1cccc(N2COc3cccc(C(c4cccc5c4CN(c4cccc(C#C)c4)CO5)(C(F)(F)F)C(F)(F)F)c3C2)c1. The molecule has 4 nitrogen and oxygen atoms in total. The predicted octanol–water partition coefficient (Wildman–Crippen LogP) is 7.77. The van der Waals surface area contributed by atoms with Gasteiger partial charge in [0.15, 0.2) is 13.5 Å². The summed E-state index contributed by atoms with van der Waals surface area (Å²) >= 11 is 0. The monoisotopic (exact) mass is 618 g/mol. The molecule has 0 saturated carbocycles. The number of anilines is 2. The third-order valence-corrected chi connectivity index (χ3v) is 8.13. The van der Waals surface area contributed by atoms with Gasteiger partial charge in [-0.05, 0) is 59.7 Å². The number of hydrogen-bond donors (Lipinski definition) is 0. The number of ether oxygens (including phenoxy) is 2. The second-order valence-electron chi connectivity index (χ2n) is 10.6. The summed E-state index contributed by atoms with van der Waals surface area (Å²) in [5.41, 5.74) is -4.88. The highest BCUT2D eigenvalue weighted by Gasteiger charge is 2.74. The van der Waals surface area contributed by atoms with Gasteiger partial charge in [0.1, 0.15) is 11.5 Å². The second kappa shape index (κ2) is 11.0. The van der Waals surface area contributed by atoms with Crippen LogP contribution in [0.2, 0.25) is 0 Å². The van der Waals surface area contributed by atoms with Gasteiger partial charge < -0.3 is 19.3 Å². The van der Waals surface area contributed by atoms with E-state index in [-0.39, 0.29) is 49.2 Å². The summed E-state index contributed by atoms with van der Waals surface area (Å²) in [7, 11) is 0. The first-order valence-electron chi connectivity index (χ1n) is 13.7. The summed E-state index contributed by atoms with van der Waals surface area (Å²) in [6.07, 6.45) is -0.631. The largest absolute Gasteiger partial charge is 0.473 e. The van der Waals surface area contributed by atoms with Gasteiger partial charge in [0.2, 0.25) is 5.41 Å². The molecular formula is C35H24F6N2O2. The summed E-state index contributed by atoms with van der Waals surface area (Å²) in [5.74, 6) is 4.83. The van der Waals surface area contributed by atoms with Crippen molar-refractivity contribution < 1.29 is 35.8 Å². The third-order valence-electron chi connectivity index (χ3n) is 8.13. The Morgan fingerprint density at radius 2 is 0.978 bits per heavy atom. The Kier molecular flexibility index (Phi) is 7.33. The molecule has 0 atom stereocenters. The van der Waals surface area contributed by atoms with E-state index in [1.165, 1.54) is 21.9 Å². The number of nitrogens with zero attached hydrogens (tertiary/aromatic N) is 2. The molecule has 0 fully saturated rings. The number of fused-ring (bicyclic) bond motifs is 2. The Hall–Kier alpha value is -5.22. The van der Waals surface area contributed by atoms with Crippen LogP contribution in [0.5, 0.6) is 11.5 Å². The van der Waals surface area contributed by atoms with Crippen LogP contribution < -0.4 is 19.3 Å². The molecule has 0 saturated heterocycles. The standard InChI is InChI=1S/C35H24F6N2O2/c1-3-23-9-5-11-25(17-23)42-19-27-29(13-7-15-31(27)44-21-42)33(34(36,37)38,35(39,40)41)30-14-8-16-32-28(30)20-43(22-45-32)26-12-6-10-24(4-2)18-26/h1-2,5-18H,19-22H2. The molecular weight excluding hydrogens is 594 g/mol. The molecule has 2 aliphatic heterocycles. The zero-order chi connectivity index (χ0) is 32.0. The van der Waals surface area contributed by atoms with E-state index < -0.39 is 28.9 Å². The van der Waals surface area contributed by atoms with E-state index in [9.17, 15) is 0 Å². The van der Waals surface area contributed by atoms with E-state index in [0.29, 0.717) is 22.5 Å². The minimum Gasteiger partial charge on any atom is -0.473 e. The fourth-order valence-electron chi connectivity index (χ4n) is 6.03. The molecule has 10 heteroatoms. The molecule has 0 N–H and O–H groups in total. The van der Waals surface area contributed by atoms with Crippen molar-refractivity contribution in [3.05, 3.63) is 118 Å². The maximum absolute atomic E-state index is 15.5. The molecule has 0 aliphatic carbocycles. The molecule has 4 aromatic carbocycles. The van der Waals surface area contributed by atoms with Crippen LogP contribution >= 0.6 is 0 Å². The molecule has 4 aromatic rings. The van der Waals surface area contributed by atoms with Crippen LogP contribution in [0.3, 0.4) is 0 Å². The van der Waals surface area contributed by atoms with Gasteiger partial charge in [0.25, 0.3) is 0 Å². The van der Waals surface area contributed by atoms with Crippen molar-refractivity contribution in [3.8, 4) is 36.2 Å². The van der Waals surface area contributed by atoms with Gasteiger partial charge in [0, 0.05) is 33.6 Å². The van der Waals surface area contributed by atoms with Crippen LogP contribution in [0.1, 0.15) is 33.4 Å². The first-order chi connectivity index (χ1) is 21.5. The van der Waals surface area contributed by atoms with Crippen LogP contribution in [0.25, 0.3) is 0 Å². The van der Waals surface area contributed by atoms with Gasteiger partial charge >= 0.3 is 12.4 Å². The summed E-state index contributed by atoms with van der Waals surface area (Å²) < 4.78 is 105. The van der Waals surface area contributed by atoms with Gasteiger partial charge in [-0.15, -0.1) is 12.8 Å². The zero-order valence-electron chi connectivity index (χ0n) is 23.5. The number of halogens is 6. The fourth-order valence-corrected chi connectivity index (χ4v) is 6.03. The number of terminal acetylenes is 2. The van der Waals surface area contributed by atoms with Gasteiger partial charge in [-0.3, -0.25) is 0 Å². The lowest BCUT2D eigenvalue weighted by Crippen LogP contribution is -2.56. The zero-order valence-corrected chi connectivity index (χ0v) is 23.5. The first kappa shape index (κ1) is 29.8. The van der Waals surface area contributed by atoms with E-state index >= 15 is 26.3 Å². The maximum Gasteiger partial charge on any atom is 0.411 e. The smallest absolute Gasteiger partial charge is 0.411 e. The average molecular weight is 619 g/mol. The molecule has 0 radical (unpaired) electrons. The van der Waals surface area contributed by atoms with Crippen molar-refractivity contribution in [1.29, 1.82) is 0 Å².